The summed E-state index contributed by atoms with van der Waals surface area (Å²) in [6.45, 7) is 4.24. The second-order valence-corrected chi connectivity index (χ2v) is 9.18. The third kappa shape index (κ3) is 15.8. The van der Waals surface area contributed by atoms with E-state index in [1.807, 2.05) is 0 Å². The van der Waals surface area contributed by atoms with Gasteiger partial charge in [0.1, 0.15) is 0 Å². The van der Waals surface area contributed by atoms with Crippen molar-refractivity contribution in [2.75, 3.05) is 0 Å². The minimum atomic E-state index is -3.89. The van der Waals surface area contributed by atoms with Crippen LogP contribution in [-0.4, -0.2) is 29.4 Å². The molecule has 0 aromatic carbocycles. The van der Waals surface area contributed by atoms with Gasteiger partial charge in [-0.2, -0.15) is 8.42 Å². The molecule has 0 amide bonds. The summed E-state index contributed by atoms with van der Waals surface area (Å²) >= 11 is 0. The van der Waals surface area contributed by atoms with Crippen LogP contribution in [0.5, 0.6) is 0 Å². The van der Waals surface area contributed by atoms with E-state index in [1.54, 1.807) is 0 Å². The van der Waals surface area contributed by atoms with Crippen LogP contribution >= 0.6 is 0 Å². The summed E-state index contributed by atoms with van der Waals surface area (Å²) in [7, 11) is -3.89. The summed E-state index contributed by atoms with van der Waals surface area (Å²) in [6.07, 6.45) is 15.9. The molecule has 0 rings (SSSR count). The Labute approximate surface area is 156 Å². The molecule has 0 aliphatic carbocycles. The summed E-state index contributed by atoms with van der Waals surface area (Å²) in [5.74, 6) is 0. The minimum absolute atomic E-state index is 0.120. The van der Waals surface area contributed by atoms with Gasteiger partial charge in [0.2, 0.25) is 0 Å². The average molecular weight is 379 g/mol. The number of hydrogen-bond acceptors (Lipinski definition) is 3. The average Bonchev–Trinajstić information content (AvgIpc) is 2.55. The van der Waals surface area contributed by atoms with Crippen molar-refractivity contribution in [2.24, 2.45) is 0 Å². The molecule has 2 unspecified atom stereocenters. The van der Waals surface area contributed by atoms with Gasteiger partial charge in [0.05, 0.1) is 11.4 Å². The second-order valence-electron chi connectivity index (χ2n) is 7.48. The lowest BCUT2D eigenvalue weighted by Gasteiger charge is -2.13. The van der Waals surface area contributed by atoms with Crippen LogP contribution in [0.15, 0.2) is 0 Å². The van der Waals surface area contributed by atoms with Gasteiger partial charge in [0, 0.05) is 0 Å². The zero-order valence-corrected chi connectivity index (χ0v) is 17.4. The van der Waals surface area contributed by atoms with Crippen LogP contribution in [0.1, 0.15) is 117 Å². The molecule has 0 saturated carbocycles. The van der Waals surface area contributed by atoms with Crippen molar-refractivity contribution in [1.82, 2.24) is 0 Å². The van der Waals surface area contributed by atoms with Crippen LogP contribution in [0, 0.1) is 0 Å². The first-order chi connectivity index (χ1) is 11.9. The number of aliphatic hydroxyl groups is 1. The molecule has 5 heteroatoms. The van der Waals surface area contributed by atoms with Gasteiger partial charge in [-0.05, 0) is 25.7 Å². The first-order valence-corrected chi connectivity index (χ1v) is 12.1. The Morgan fingerprint density at radius 2 is 1.04 bits per heavy atom. The third-order valence-electron chi connectivity index (χ3n) is 5.01. The van der Waals surface area contributed by atoms with Crippen LogP contribution < -0.4 is 0 Å². The fraction of sp³-hybridized carbons (Fsp3) is 1.00. The Balaban J connectivity index is 3.60. The van der Waals surface area contributed by atoms with Gasteiger partial charge < -0.3 is 5.11 Å². The molecular formula is C20H42O4S. The van der Waals surface area contributed by atoms with Crippen LogP contribution in [-0.2, 0) is 10.1 Å². The molecule has 25 heavy (non-hydrogen) atoms. The first-order valence-electron chi connectivity index (χ1n) is 10.6. The maximum Gasteiger partial charge on any atom is 0.267 e. The van der Waals surface area contributed by atoms with E-state index < -0.39 is 15.4 Å². The van der Waals surface area contributed by atoms with Crippen molar-refractivity contribution in [2.45, 2.75) is 128 Å². The van der Waals surface area contributed by atoms with Crippen molar-refractivity contribution >= 4 is 10.1 Å². The SMILES string of the molecule is CCCCCC(CCCCCCCCCC(O)CCCC)S(=O)(=O)O. The van der Waals surface area contributed by atoms with E-state index in [2.05, 4.69) is 13.8 Å². The van der Waals surface area contributed by atoms with Crippen LogP contribution in [0.4, 0.5) is 0 Å². The molecule has 152 valence electrons. The van der Waals surface area contributed by atoms with Crippen molar-refractivity contribution in [1.29, 1.82) is 0 Å². The quantitative estimate of drug-likeness (QED) is 0.230. The molecule has 0 aromatic rings. The Hall–Kier alpha value is -0.130. The van der Waals surface area contributed by atoms with Gasteiger partial charge in [0.25, 0.3) is 10.1 Å². The zero-order valence-electron chi connectivity index (χ0n) is 16.6. The predicted molar refractivity (Wildman–Crippen MR) is 107 cm³/mol. The highest BCUT2D eigenvalue weighted by atomic mass is 32.2. The number of aliphatic hydroxyl groups excluding tert-OH is 1. The second kappa shape index (κ2) is 16.1. The maximum absolute atomic E-state index is 11.4. The van der Waals surface area contributed by atoms with Crippen molar-refractivity contribution in [3.05, 3.63) is 0 Å². The van der Waals surface area contributed by atoms with E-state index in [0.717, 1.165) is 70.6 Å². The van der Waals surface area contributed by atoms with Gasteiger partial charge in [-0.15, -0.1) is 0 Å². The molecule has 0 aliphatic heterocycles. The molecule has 0 heterocycles. The summed E-state index contributed by atoms with van der Waals surface area (Å²) in [5.41, 5.74) is 0. The van der Waals surface area contributed by atoms with E-state index in [4.69, 9.17) is 0 Å². The monoisotopic (exact) mass is 378 g/mol. The van der Waals surface area contributed by atoms with Crippen LogP contribution in [0.25, 0.3) is 0 Å². The van der Waals surface area contributed by atoms with E-state index in [9.17, 15) is 18.1 Å². The summed E-state index contributed by atoms with van der Waals surface area (Å²) in [5, 5.41) is 9.21. The van der Waals surface area contributed by atoms with Gasteiger partial charge >= 0.3 is 0 Å². The number of unbranched alkanes of at least 4 members (excludes halogenated alkanes) is 9. The molecule has 0 fully saturated rings. The maximum atomic E-state index is 11.4. The highest BCUT2D eigenvalue weighted by molar-refractivity contribution is 7.86. The highest BCUT2D eigenvalue weighted by Crippen LogP contribution is 2.19. The van der Waals surface area contributed by atoms with Crippen LogP contribution in [0.2, 0.25) is 0 Å². The van der Waals surface area contributed by atoms with Crippen LogP contribution in [0.3, 0.4) is 0 Å². The summed E-state index contributed by atoms with van der Waals surface area (Å²) < 4.78 is 32.2. The standard InChI is InChI=1S/C20H42O4S/c1-3-5-12-17-20(25(22,23)24)18-14-11-9-7-8-10-13-16-19(21)15-6-4-2/h19-21H,3-18H2,1-2H3,(H,22,23,24). The minimum Gasteiger partial charge on any atom is -0.393 e. The molecule has 4 nitrogen and oxygen atoms in total. The fourth-order valence-corrected chi connectivity index (χ4v) is 4.21. The van der Waals surface area contributed by atoms with E-state index in [0.29, 0.717) is 12.8 Å². The van der Waals surface area contributed by atoms with E-state index in [1.165, 1.54) is 19.3 Å². The Bertz CT molecular complexity index is 381. The fourth-order valence-electron chi connectivity index (χ4n) is 3.28. The number of hydrogen-bond donors (Lipinski definition) is 2. The van der Waals surface area contributed by atoms with Gasteiger partial charge in [-0.3, -0.25) is 4.55 Å². The Morgan fingerprint density at radius 3 is 1.52 bits per heavy atom. The summed E-state index contributed by atoms with van der Waals surface area (Å²) in [4.78, 5) is 0. The Kier molecular flexibility index (Phi) is 16.0. The van der Waals surface area contributed by atoms with E-state index in [-0.39, 0.29) is 6.10 Å². The lowest BCUT2D eigenvalue weighted by atomic mass is 10.0. The van der Waals surface area contributed by atoms with Gasteiger partial charge in [0.15, 0.2) is 0 Å². The zero-order chi connectivity index (χ0) is 19.0. The molecule has 2 atom stereocenters. The molecule has 0 aromatic heterocycles. The molecule has 0 aliphatic rings. The molecular weight excluding hydrogens is 336 g/mol. The Morgan fingerprint density at radius 1 is 0.640 bits per heavy atom. The van der Waals surface area contributed by atoms with Crippen molar-refractivity contribution < 1.29 is 18.1 Å². The molecule has 0 spiro atoms. The van der Waals surface area contributed by atoms with E-state index >= 15 is 0 Å². The third-order valence-corrected chi connectivity index (χ3v) is 6.32. The van der Waals surface area contributed by atoms with Gasteiger partial charge in [-0.25, -0.2) is 0 Å². The lowest BCUT2D eigenvalue weighted by Crippen LogP contribution is -2.20. The van der Waals surface area contributed by atoms with Crippen molar-refractivity contribution in [3.8, 4) is 0 Å². The molecule has 0 saturated heterocycles. The van der Waals surface area contributed by atoms with Crippen molar-refractivity contribution in [3.63, 3.8) is 0 Å². The molecule has 2 N–H and O–H groups in total. The van der Waals surface area contributed by atoms with Gasteiger partial charge in [-0.1, -0.05) is 90.9 Å². The summed E-state index contributed by atoms with van der Waals surface area (Å²) in [6, 6.07) is 0. The molecule has 0 radical (unpaired) electrons. The predicted octanol–water partition coefficient (Wildman–Crippen LogP) is 5.89. The number of rotatable bonds is 18. The highest BCUT2D eigenvalue weighted by Gasteiger charge is 2.21. The normalized spacial score (nSPS) is 14.6. The smallest absolute Gasteiger partial charge is 0.267 e. The lowest BCUT2D eigenvalue weighted by molar-refractivity contribution is 0.148. The largest absolute Gasteiger partial charge is 0.393 e. The molecule has 0 bridgehead atoms. The topological polar surface area (TPSA) is 74.6 Å². The first kappa shape index (κ1) is 24.9.